The van der Waals surface area contributed by atoms with Crippen molar-refractivity contribution in [3.05, 3.63) is 70.8 Å². The molecule has 6 amide bonds. The topological polar surface area (TPSA) is 209 Å². The highest BCUT2D eigenvalue weighted by atomic mass is 32.2. The van der Waals surface area contributed by atoms with Crippen LogP contribution in [0, 0.1) is 10.8 Å². The standard InChI is InChI=1S/C52H74N8O9S2/c1-29(53-7)45(61)55-35-17-23-70-39-27-51(3,4)43(59(39)49(35)65)47(63)57-41-33-15-11-9-13-31(33)25-37(41)68-21-19-67-20-22-69-38-26-32-14-10-12-16-34(32)42(38)58-48(64)44-52(5,6)28-40-60(44)50(66)36(18-24-71-40)56-46(62)30(2)54-8/h9-16,29-30,35-44,53-54H,17-28H2,1-8H3,(H,55,61)(H,56,62)(H,57,63)(H,58,64)/t29-,30-,35-,36-,37+,38+,39-,40-,41-,42-,43+,44?/m0/s1. The summed E-state index contributed by atoms with van der Waals surface area (Å²) in [5.41, 5.74) is 3.10. The Labute approximate surface area is 426 Å². The molecule has 4 fully saturated rings. The normalized spacial score (nSPS) is 30.3. The Morgan fingerprint density at radius 1 is 0.620 bits per heavy atom. The zero-order valence-electron chi connectivity index (χ0n) is 42.4. The average Bonchev–Trinajstić information content (AvgIpc) is 3.98. The fourth-order valence-electron chi connectivity index (χ4n) is 11.4. The molecule has 1 unspecified atom stereocenters. The Kier molecular flexibility index (Phi) is 16.8. The summed E-state index contributed by atoms with van der Waals surface area (Å²) < 4.78 is 19.0. The van der Waals surface area contributed by atoms with E-state index < -0.39 is 59.2 Å². The van der Waals surface area contributed by atoms with Crippen LogP contribution in [0.2, 0.25) is 0 Å². The van der Waals surface area contributed by atoms with Crippen LogP contribution in [0.15, 0.2) is 48.5 Å². The number of hydrogen-bond acceptors (Lipinski definition) is 13. The molecule has 17 nitrogen and oxygen atoms in total. The van der Waals surface area contributed by atoms with Crippen LogP contribution in [-0.4, -0.2) is 156 Å². The summed E-state index contributed by atoms with van der Waals surface area (Å²) in [6, 6.07) is 11.3. The van der Waals surface area contributed by atoms with Gasteiger partial charge in [0.05, 0.1) is 73.6 Å². The molecular formula is C52H74N8O9S2. The van der Waals surface area contributed by atoms with Crippen molar-refractivity contribution in [3.8, 4) is 0 Å². The summed E-state index contributed by atoms with van der Waals surface area (Å²) in [7, 11) is 3.40. The highest BCUT2D eigenvalue weighted by Crippen LogP contribution is 2.48. The first-order chi connectivity index (χ1) is 33.9. The number of rotatable bonds is 18. The minimum atomic E-state index is -0.741. The first kappa shape index (κ1) is 53.1. The average molecular weight is 1020 g/mol. The van der Waals surface area contributed by atoms with Crippen molar-refractivity contribution in [2.75, 3.05) is 52.0 Å². The zero-order valence-corrected chi connectivity index (χ0v) is 44.1. The van der Waals surface area contributed by atoms with Gasteiger partial charge in [0, 0.05) is 12.8 Å². The molecule has 8 rings (SSSR count). The summed E-state index contributed by atoms with van der Waals surface area (Å²) >= 11 is 3.33. The molecule has 0 saturated carbocycles. The Hall–Kier alpha value is -4.24. The molecule has 2 aromatic carbocycles. The van der Waals surface area contributed by atoms with Crippen molar-refractivity contribution in [2.24, 2.45) is 10.8 Å². The van der Waals surface area contributed by atoms with Gasteiger partial charge in [0.1, 0.15) is 24.2 Å². The van der Waals surface area contributed by atoms with Crippen LogP contribution in [0.4, 0.5) is 0 Å². The summed E-state index contributed by atoms with van der Waals surface area (Å²) in [5.74, 6) is -0.0681. The molecule has 0 aromatic heterocycles. The highest BCUT2D eigenvalue weighted by molar-refractivity contribution is 8.00. The predicted octanol–water partition coefficient (Wildman–Crippen LogP) is 2.97. The number of hydrogen-bond donors (Lipinski definition) is 6. The molecule has 0 radical (unpaired) electrons. The zero-order chi connectivity index (χ0) is 50.8. The van der Waals surface area contributed by atoms with E-state index in [-0.39, 0.29) is 84.8 Å². The van der Waals surface area contributed by atoms with Crippen LogP contribution in [0.5, 0.6) is 0 Å². The van der Waals surface area contributed by atoms with E-state index in [1.54, 1.807) is 61.3 Å². The van der Waals surface area contributed by atoms with Crippen molar-refractivity contribution in [3.63, 3.8) is 0 Å². The van der Waals surface area contributed by atoms with Crippen LogP contribution < -0.4 is 31.9 Å². The predicted molar refractivity (Wildman–Crippen MR) is 273 cm³/mol. The lowest BCUT2D eigenvalue weighted by Crippen LogP contribution is -2.58. The van der Waals surface area contributed by atoms with Gasteiger partial charge in [0.15, 0.2) is 0 Å². The number of ether oxygens (including phenoxy) is 3. The number of carbonyl (C=O) groups is 6. The quantitative estimate of drug-likeness (QED) is 0.119. The second kappa shape index (κ2) is 22.5. The maximum absolute atomic E-state index is 14.6. The third-order valence-electron chi connectivity index (χ3n) is 15.5. The van der Waals surface area contributed by atoms with Gasteiger partial charge in [-0.05, 0) is 98.2 Å². The minimum absolute atomic E-state index is 0.180. The Morgan fingerprint density at radius 3 is 1.41 bits per heavy atom. The van der Waals surface area contributed by atoms with Crippen LogP contribution in [-0.2, 0) is 55.8 Å². The lowest BCUT2D eigenvalue weighted by molar-refractivity contribution is -0.144. The van der Waals surface area contributed by atoms with Crippen LogP contribution in [0.25, 0.3) is 0 Å². The van der Waals surface area contributed by atoms with Crippen LogP contribution >= 0.6 is 23.5 Å². The SMILES string of the molecule is CN[C@@H](C)C(=O)N[C@H]1CCS[C@H]2CC(C)(C)C(C(=O)N[C@H]3c4ccccc4C[C@H]3OCCOCCO[C@@H]3Cc4ccccc4[C@@H]3NC(=O)[C@H]3N4C(=O)[C@@H](NC(=O)[C@H](C)NC)CCS[C@H]4CC3(C)C)N2C1=O. The molecule has 4 heterocycles. The van der Waals surface area contributed by atoms with Gasteiger partial charge in [-0.15, -0.1) is 23.5 Å². The molecule has 71 heavy (non-hydrogen) atoms. The van der Waals surface area contributed by atoms with E-state index in [1.807, 2.05) is 64.1 Å². The summed E-state index contributed by atoms with van der Waals surface area (Å²) in [4.78, 5) is 86.7. The number of benzene rings is 2. The van der Waals surface area contributed by atoms with E-state index in [4.69, 9.17) is 14.2 Å². The Morgan fingerprint density at radius 2 is 1.01 bits per heavy atom. The van der Waals surface area contributed by atoms with E-state index >= 15 is 0 Å². The van der Waals surface area contributed by atoms with Gasteiger partial charge in [0.2, 0.25) is 35.4 Å². The third-order valence-corrected chi connectivity index (χ3v) is 18.0. The van der Waals surface area contributed by atoms with Gasteiger partial charge in [-0.2, -0.15) is 0 Å². The summed E-state index contributed by atoms with van der Waals surface area (Å²) in [6.45, 7) is 12.7. The van der Waals surface area contributed by atoms with Crippen molar-refractivity contribution < 1.29 is 43.0 Å². The number of nitrogens with one attached hydrogen (secondary N) is 6. The second-order valence-corrected chi connectivity index (χ2v) is 23.8. The lowest BCUT2D eigenvalue weighted by Gasteiger charge is -2.35. The summed E-state index contributed by atoms with van der Waals surface area (Å²) in [5, 5.41) is 18.0. The van der Waals surface area contributed by atoms with Gasteiger partial charge in [-0.25, -0.2) is 0 Å². The summed E-state index contributed by atoms with van der Waals surface area (Å²) in [6.07, 6.45) is 2.76. The van der Waals surface area contributed by atoms with Crippen molar-refractivity contribution >= 4 is 59.0 Å². The molecule has 4 aliphatic heterocycles. The van der Waals surface area contributed by atoms with Crippen molar-refractivity contribution in [1.82, 2.24) is 41.7 Å². The maximum atomic E-state index is 14.6. The number of fused-ring (bicyclic) bond motifs is 4. The minimum Gasteiger partial charge on any atom is -0.377 e. The lowest BCUT2D eigenvalue weighted by atomic mass is 9.83. The smallest absolute Gasteiger partial charge is 0.246 e. The van der Waals surface area contributed by atoms with E-state index in [9.17, 15) is 28.8 Å². The first-order valence-corrected chi connectivity index (χ1v) is 27.4. The van der Waals surface area contributed by atoms with Gasteiger partial charge in [-0.3, -0.25) is 28.8 Å². The molecule has 0 spiro atoms. The maximum Gasteiger partial charge on any atom is 0.246 e. The molecule has 12 atom stereocenters. The van der Waals surface area contributed by atoms with Gasteiger partial charge in [0.25, 0.3) is 0 Å². The molecule has 2 aliphatic carbocycles. The molecule has 6 aliphatic rings. The number of likely N-dealkylation sites (N-methyl/N-ethyl adjacent to an activating group) is 2. The van der Waals surface area contributed by atoms with Gasteiger partial charge < -0.3 is 55.9 Å². The third kappa shape index (κ3) is 11.3. The molecule has 2 aromatic rings. The number of carbonyl (C=O) groups excluding carboxylic acids is 6. The molecular weight excluding hydrogens is 945 g/mol. The van der Waals surface area contributed by atoms with Crippen molar-refractivity contribution in [2.45, 2.75) is 151 Å². The van der Waals surface area contributed by atoms with Crippen LogP contribution in [0.1, 0.15) is 102 Å². The first-order valence-electron chi connectivity index (χ1n) is 25.3. The van der Waals surface area contributed by atoms with Gasteiger partial charge in [-0.1, -0.05) is 76.2 Å². The van der Waals surface area contributed by atoms with E-state index in [0.29, 0.717) is 50.0 Å². The number of amides is 6. The fraction of sp³-hybridized carbons (Fsp3) is 0.654. The number of thioether (sulfide) groups is 2. The Balaban J connectivity index is 0.858. The fourth-order valence-corrected chi connectivity index (χ4v) is 14.6. The van der Waals surface area contributed by atoms with Crippen LogP contribution in [0.3, 0.4) is 0 Å². The molecule has 0 bridgehead atoms. The molecule has 388 valence electrons. The monoisotopic (exact) mass is 1020 g/mol. The van der Waals surface area contributed by atoms with E-state index in [1.165, 1.54) is 0 Å². The van der Waals surface area contributed by atoms with E-state index in [2.05, 4.69) is 44.0 Å². The Bertz CT molecular complexity index is 2150. The molecule has 4 saturated heterocycles. The van der Waals surface area contributed by atoms with E-state index in [0.717, 1.165) is 22.3 Å². The van der Waals surface area contributed by atoms with Gasteiger partial charge >= 0.3 is 0 Å². The second-order valence-electron chi connectivity index (χ2n) is 21.3. The molecule has 6 N–H and O–H groups in total. The largest absolute Gasteiger partial charge is 0.377 e. The highest BCUT2D eigenvalue weighted by Gasteiger charge is 2.57. The number of nitrogens with zero attached hydrogens (tertiary/aromatic N) is 2. The molecule has 19 heteroatoms. The van der Waals surface area contributed by atoms with Crippen molar-refractivity contribution in [1.29, 1.82) is 0 Å².